The lowest BCUT2D eigenvalue weighted by molar-refractivity contribution is -0.121. The lowest BCUT2D eigenvalue weighted by Crippen LogP contribution is -2.29. The minimum atomic E-state index is -0.289. The summed E-state index contributed by atoms with van der Waals surface area (Å²) in [6.07, 6.45) is 3.45. The van der Waals surface area contributed by atoms with Crippen LogP contribution in [0.5, 0.6) is 0 Å². The lowest BCUT2D eigenvalue weighted by Gasteiger charge is -2.06. The SMILES string of the molecule is Cc1nc2ccc(C(=O)Nc3cnn(CC(=O)NCCc4ccccc4F)c3)cc2[nH]1. The van der Waals surface area contributed by atoms with E-state index in [1.165, 1.54) is 16.9 Å². The molecule has 0 saturated heterocycles. The summed E-state index contributed by atoms with van der Waals surface area (Å²) >= 11 is 0. The number of anilines is 1. The third-order valence-electron chi connectivity index (χ3n) is 4.73. The number of amides is 2. The average molecular weight is 420 g/mol. The van der Waals surface area contributed by atoms with Crippen LogP contribution in [0.25, 0.3) is 11.0 Å². The van der Waals surface area contributed by atoms with E-state index >= 15 is 0 Å². The van der Waals surface area contributed by atoms with Crippen molar-refractivity contribution in [2.45, 2.75) is 19.9 Å². The number of imidazole rings is 1. The van der Waals surface area contributed by atoms with Crippen molar-refractivity contribution in [2.24, 2.45) is 0 Å². The highest BCUT2D eigenvalue weighted by Gasteiger charge is 2.11. The molecule has 2 heterocycles. The molecule has 8 nitrogen and oxygen atoms in total. The molecule has 0 spiro atoms. The molecule has 158 valence electrons. The highest BCUT2D eigenvalue weighted by atomic mass is 19.1. The second-order valence-corrected chi connectivity index (χ2v) is 7.13. The Morgan fingerprint density at radius 3 is 2.87 bits per heavy atom. The summed E-state index contributed by atoms with van der Waals surface area (Å²) in [5.74, 6) is -0.0486. The average Bonchev–Trinajstić information content (AvgIpc) is 3.33. The first kappa shape index (κ1) is 20.3. The fourth-order valence-electron chi connectivity index (χ4n) is 3.24. The molecule has 31 heavy (non-hydrogen) atoms. The third-order valence-corrected chi connectivity index (χ3v) is 4.73. The van der Waals surface area contributed by atoms with Gasteiger partial charge in [-0.05, 0) is 43.2 Å². The number of aromatic amines is 1. The van der Waals surface area contributed by atoms with Crippen LogP contribution < -0.4 is 10.6 Å². The van der Waals surface area contributed by atoms with E-state index in [0.29, 0.717) is 29.8 Å². The smallest absolute Gasteiger partial charge is 0.255 e. The summed E-state index contributed by atoms with van der Waals surface area (Å²) < 4.78 is 15.0. The largest absolute Gasteiger partial charge is 0.354 e. The van der Waals surface area contributed by atoms with Gasteiger partial charge in [-0.25, -0.2) is 9.37 Å². The van der Waals surface area contributed by atoms with E-state index in [1.54, 1.807) is 42.6 Å². The van der Waals surface area contributed by atoms with Gasteiger partial charge in [-0.3, -0.25) is 14.3 Å². The van der Waals surface area contributed by atoms with E-state index in [4.69, 9.17) is 0 Å². The minimum absolute atomic E-state index is 0.00742. The second-order valence-electron chi connectivity index (χ2n) is 7.13. The molecule has 3 N–H and O–H groups in total. The molecule has 0 saturated carbocycles. The molecule has 0 aliphatic rings. The van der Waals surface area contributed by atoms with Crippen LogP contribution in [0, 0.1) is 12.7 Å². The van der Waals surface area contributed by atoms with Gasteiger partial charge < -0.3 is 15.6 Å². The van der Waals surface area contributed by atoms with Crippen molar-refractivity contribution in [3.8, 4) is 0 Å². The third kappa shape index (κ3) is 4.95. The molecule has 0 aliphatic carbocycles. The van der Waals surface area contributed by atoms with Crippen molar-refractivity contribution >= 4 is 28.5 Å². The number of rotatable bonds is 7. The number of nitrogens with one attached hydrogen (secondary N) is 3. The van der Waals surface area contributed by atoms with Gasteiger partial charge >= 0.3 is 0 Å². The van der Waals surface area contributed by atoms with Crippen LogP contribution in [-0.4, -0.2) is 38.1 Å². The monoisotopic (exact) mass is 420 g/mol. The Morgan fingerprint density at radius 1 is 1.19 bits per heavy atom. The number of aryl methyl sites for hydroxylation is 1. The standard InChI is InChI=1S/C22H21FN6O2/c1-14-26-19-7-6-16(10-20(19)27-14)22(31)28-17-11-25-29(12-17)13-21(30)24-9-8-15-4-2-3-5-18(15)23/h2-7,10-12H,8-9,13H2,1H3,(H,24,30)(H,26,27)(H,28,31). The van der Waals surface area contributed by atoms with Crippen LogP contribution >= 0.6 is 0 Å². The number of aromatic nitrogens is 4. The lowest BCUT2D eigenvalue weighted by atomic mass is 10.1. The number of hydrogen-bond acceptors (Lipinski definition) is 4. The second kappa shape index (κ2) is 8.78. The summed E-state index contributed by atoms with van der Waals surface area (Å²) in [6.45, 7) is 2.16. The molecule has 0 radical (unpaired) electrons. The van der Waals surface area contributed by atoms with Crippen LogP contribution in [0.1, 0.15) is 21.7 Å². The maximum absolute atomic E-state index is 13.6. The fraction of sp³-hybridized carbons (Fsp3) is 0.182. The first-order chi connectivity index (χ1) is 15.0. The number of carbonyl (C=O) groups is 2. The number of carbonyl (C=O) groups excluding carboxylic acids is 2. The zero-order valence-electron chi connectivity index (χ0n) is 16.9. The molecule has 0 atom stereocenters. The predicted octanol–water partition coefficient (Wildman–Crippen LogP) is 2.82. The Hall–Kier alpha value is -4.01. The van der Waals surface area contributed by atoms with E-state index in [2.05, 4.69) is 25.7 Å². The zero-order chi connectivity index (χ0) is 21.8. The topological polar surface area (TPSA) is 105 Å². The van der Waals surface area contributed by atoms with Gasteiger partial charge in [-0.2, -0.15) is 5.10 Å². The Balaban J connectivity index is 1.29. The van der Waals surface area contributed by atoms with Gasteiger partial charge in [0.05, 0.1) is 22.9 Å². The van der Waals surface area contributed by atoms with Gasteiger partial charge in [0.15, 0.2) is 0 Å². The van der Waals surface area contributed by atoms with E-state index in [-0.39, 0.29) is 24.2 Å². The molecule has 9 heteroatoms. The summed E-state index contributed by atoms with van der Waals surface area (Å²) in [5, 5.41) is 9.60. The van der Waals surface area contributed by atoms with Crippen molar-refractivity contribution in [1.29, 1.82) is 0 Å². The molecule has 2 amide bonds. The quantitative estimate of drug-likeness (QED) is 0.428. The molecule has 2 aromatic heterocycles. The first-order valence-corrected chi connectivity index (χ1v) is 9.78. The number of hydrogen-bond donors (Lipinski definition) is 3. The van der Waals surface area contributed by atoms with Crippen molar-refractivity contribution in [3.05, 3.63) is 77.6 Å². The van der Waals surface area contributed by atoms with Gasteiger partial charge in [0.2, 0.25) is 5.91 Å². The fourth-order valence-corrected chi connectivity index (χ4v) is 3.24. The number of nitrogens with zero attached hydrogens (tertiary/aromatic N) is 3. The highest BCUT2D eigenvalue weighted by Crippen LogP contribution is 2.15. The Kier molecular flexibility index (Phi) is 5.74. The van der Waals surface area contributed by atoms with E-state index < -0.39 is 0 Å². The van der Waals surface area contributed by atoms with Crippen molar-refractivity contribution in [3.63, 3.8) is 0 Å². The van der Waals surface area contributed by atoms with E-state index in [1.807, 2.05) is 6.92 Å². The summed E-state index contributed by atoms with van der Waals surface area (Å²) in [5.41, 5.74) is 3.09. The predicted molar refractivity (Wildman–Crippen MR) is 114 cm³/mol. The Bertz CT molecular complexity index is 1250. The van der Waals surface area contributed by atoms with Gasteiger partial charge in [0, 0.05) is 18.3 Å². The molecular formula is C22H21FN6O2. The Morgan fingerprint density at radius 2 is 2.03 bits per heavy atom. The maximum Gasteiger partial charge on any atom is 0.255 e. The van der Waals surface area contributed by atoms with Crippen LogP contribution in [0.2, 0.25) is 0 Å². The molecule has 2 aromatic carbocycles. The number of benzene rings is 2. The molecule has 0 unspecified atom stereocenters. The normalized spacial score (nSPS) is 10.9. The molecule has 4 aromatic rings. The summed E-state index contributed by atoms with van der Waals surface area (Å²) in [6, 6.07) is 11.7. The minimum Gasteiger partial charge on any atom is -0.354 e. The van der Waals surface area contributed by atoms with Gasteiger partial charge in [-0.1, -0.05) is 18.2 Å². The first-order valence-electron chi connectivity index (χ1n) is 9.78. The molecule has 0 aliphatic heterocycles. The maximum atomic E-state index is 13.6. The van der Waals surface area contributed by atoms with Gasteiger partial charge in [0.25, 0.3) is 5.91 Å². The number of halogens is 1. The van der Waals surface area contributed by atoms with Gasteiger partial charge in [0.1, 0.15) is 18.2 Å². The van der Waals surface area contributed by atoms with E-state index in [9.17, 15) is 14.0 Å². The Labute approximate surface area is 177 Å². The van der Waals surface area contributed by atoms with Crippen molar-refractivity contribution in [2.75, 3.05) is 11.9 Å². The highest BCUT2D eigenvalue weighted by molar-refractivity contribution is 6.05. The van der Waals surface area contributed by atoms with Crippen LogP contribution in [0.15, 0.2) is 54.9 Å². The summed E-state index contributed by atoms with van der Waals surface area (Å²) in [7, 11) is 0. The number of fused-ring (bicyclic) bond motifs is 1. The van der Waals surface area contributed by atoms with Crippen LogP contribution in [0.4, 0.5) is 10.1 Å². The molecule has 0 fully saturated rings. The number of H-pyrrole nitrogens is 1. The van der Waals surface area contributed by atoms with Crippen molar-refractivity contribution in [1.82, 2.24) is 25.1 Å². The van der Waals surface area contributed by atoms with Gasteiger partial charge in [-0.15, -0.1) is 0 Å². The zero-order valence-corrected chi connectivity index (χ0v) is 16.9. The van der Waals surface area contributed by atoms with Crippen molar-refractivity contribution < 1.29 is 14.0 Å². The summed E-state index contributed by atoms with van der Waals surface area (Å²) in [4.78, 5) is 32.0. The van der Waals surface area contributed by atoms with Crippen LogP contribution in [0.3, 0.4) is 0 Å². The van der Waals surface area contributed by atoms with E-state index in [0.717, 1.165) is 16.9 Å². The van der Waals surface area contributed by atoms with Crippen LogP contribution in [-0.2, 0) is 17.8 Å². The molecule has 4 rings (SSSR count). The molecular weight excluding hydrogens is 399 g/mol. The molecule has 0 bridgehead atoms.